The van der Waals surface area contributed by atoms with Crippen LogP contribution in [-0.4, -0.2) is 53.6 Å². The first-order valence-corrected chi connectivity index (χ1v) is 9.68. The van der Waals surface area contributed by atoms with E-state index in [0.717, 1.165) is 5.82 Å². The summed E-state index contributed by atoms with van der Waals surface area (Å²) in [5, 5.41) is 10.6. The molecule has 5 N–H and O–H groups in total. The highest BCUT2D eigenvalue weighted by atomic mass is 31.2. The van der Waals surface area contributed by atoms with Gasteiger partial charge in [0.25, 0.3) is 0 Å². The Hall–Kier alpha value is -2.23. The van der Waals surface area contributed by atoms with Crippen molar-refractivity contribution in [3.8, 4) is 5.82 Å². The van der Waals surface area contributed by atoms with E-state index in [0.29, 0.717) is 23.3 Å². The van der Waals surface area contributed by atoms with Gasteiger partial charge in [-0.2, -0.15) is 0 Å². The number of fused-ring (bicyclic) bond motifs is 1. The summed E-state index contributed by atoms with van der Waals surface area (Å²) in [6.45, 7) is -0.136. The Labute approximate surface area is 149 Å². The average molecular weight is 381 g/mol. The lowest BCUT2D eigenvalue weighted by Gasteiger charge is -2.21. The lowest BCUT2D eigenvalue weighted by Crippen LogP contribution is -2.19. The topological polar surface area (TPSA) is 149 Å². The predicted molar refractivity (Wildman–Crippen MR) is 94.9 cm³/mol. The number of aliphatic hydroxyl groups is 1. The number of rotatable bonds is 8. The second kappa shape index (κ2) is 7.56. The van der Waals surface area contributed by atoms with Crippen LogP contribution in [0.4, 0.5) is 5.82 Å². The van der Waals surface area contributed by atoms with Crippen LogP contribution in [0.25, 0.3) is 16.9 Å². The van der Waals surface area contributed by atoms with Crippen LogP contribution in [0.5, 0.6) is 0 Å². The predicted octanol–water partition coefficient (Wildman–Crippen LogP) is 0.879. The largest absolute Gasteiger partial charge is 0.394 e. The normalized spacial score (nSPS) is 13.3. The molecule has 0 aliphatic heterocycles. The molecule has 3 rings (SSSR count). The van der Waals surface area contributed by atoms with Crippen molar-refractivity contribution in [1.29, 1.82) is 0 Å². The van der Waals surface area contributed by atoms with Gasteiger partial charge in [0, 0.05) is 19.0 Å². The van der Waals surface area contributed by atoms with Crippen LogP contribution in [0.2, 0.25) is 0 Å². The zero-order chi connectivity index (χ0) is 18.7. The molecule has 3 aromatic heterocycles. The van der Waals surface area contributed by atoms with Crippen LogP contribution in [0.15, 0.2) is 36.9 Å². The molecule has 10 nitrogen and oxygen atoms in total. The van der Waals surface area contributed by atoms with Gasteiger partial charge in [0.2, 0.25) is 0 Å². The maximum Gasteiger partial charge on any atom is 0.350 e. The molecule has 0 aromatic carbocycles. The molecule has 26 heavy (non-hydrogen) atoms. The van der Waals surface area contributed by atoms with E-state index in [1.54, 1.807) is 0 Å². The summed E-state index contributed by atoms with van der Waals surface area (Å²) in [4.78, 5) is 26.0. The fourth-order valence-electron chi connectivity index (χ4n) is 2.79. The molecular formula is C15H20N5O5P. The standard InChI is InChI=1S/C15H20N5O5P/c16-14-12-7-13(19-4-1-2-5-19)20(15(12)18-9-17-14)11(8-21)3-6-25-10-26(22,23)24/h1-2,4-5,7,9,11,21H,3,6,8,10H2,(H2,16,17,18)(H2,22,23,24). The number of aliphatic hydroxyl groups excluding tert-OH is 1. The first-order chi connectivity index (χ1) is 12.4. The monoisotopic (exact) mass is 381 g/mol. The number of nitrogens with two attached hydrogens (primary N) is 1. The lowest BCUT2D eigenvalue weighted by molar-refractivity contribution is 0.127. The van der Waals surface area contributed by atoms with E-state index in [1.165, 1.54) is 6.33 Å². The minimum Gasteiger partial charge on any atom is -0.394 e. The van der Waals surface area contributed by atoms with Gasteiger partial charge in [-0.25, -0.2) is 9.97 Å². The van der Waals surface area contributed by atoms with Crippen LogP contribution in [0, 0.1) is 0 Å². The molecule has 0 saturated carbocycles. The molecule has 0 saturated heterocycles. The van der Waals surface area contributed by atoms with Gasteiger partial charge in [0.15, 0.2) is 0 Å². The number of ether oxygens (including phenoxy) is 1. The number of hydrogen-bond acceptors (Lipinski definition) is 6. The van der Waals surface area contributed by atoms with E-state index >= 15 is 0 Å². The van der Waals surface area contributed by atoms with E-state index in [-0.39, 0.29) is 13.2 Å². The van der Waals surface area contributed by atoms with Gasteiger partial charge < -0.3 is 34.5 Å². The third-order valence-electron chi connectivity index (χ3n) is 3.94. The van der Waals surface area contributed by atoms with E-state index in [1.807, 2.05) is 39.7 Å². The smallest absolute Gasteiger partial charge is 0.350 e. The van der Waals surface area contributed by atoms with Crippen LogP contribution in [0.3, 0.4) is 0 Å². The summed E-state index contributed by atoms with van der Waals surface area (Å²) >= 11 is 0. The van der Waals surface area contributed by atoms with E-state index in [2.05, 4.69) is 9.97 Å². The van der Waals surface area contributed by atoms with Crippen LogP contribution >= 0.6 is 7.60 Å². The van der Waals surface area contributed by atoms with Crippen molar-refractivity contribution in [2.24, 2.45) is 0 Å². The van der Waals surface area contributed by atoms with Crippen molar-refractivity contribution in [1.82, 2.24) is 19.1 Å². The molecule has 0 aliphatic carbocycles. The van der Waals surface area contributed by atoms with Crippen LogP contribution in [-0.2, 0) is 9.30 Å². The van der Waals surface area contributed by atoms with Gasteiger partial charge in [-0.05, 0) is 24.6 Å². The van der Waals surface area contributed by atoms with Gasteiger partial charge in [0.1, 0.15) is 30.0 Å². The quantitative estimate of drug-likeness (QED) is 0.332. The summed E-state index contributed by atoms with van der Waals surface area (Å²) in [6.07, 6.45) is 4.74. The second-order valence-corrected chi connectivity index (χ2v) is 7.37. The molecule has 0 bridgehead atoms. The third-order valence-corrected chi connectivity index (χ3v) is 4.46. The highest BCUT2D eigenvalue weighted by Gasteiger charge is 2.21. The molecule has 3 aromatic rings. The van der Waals surface area contributed by atoms with E-state index in [4.69, 9.17) is 20.3 Å². The molecular weight excluding hydrogens is 361 g/mol. The Morgan fingerprint density at radius 1 is 1.27 bits per heavy atom. The second-order valence-electron chi connectivity index (χ2n) is 5.79. The minimum absolute atomic E-state index is 0.0711. The summed E-state index contributed by atoms with van der Waals surface area (Å²) in [7, 11) is -4.22. The molecule has 11 heteroatoms. The fraction of sp³-hybridized carbons (Fsp3) is 0.333. The zero-order valence-electron chi connectivity index (χ0n) is 13.8. The summed E-state index contributed by atoms with van der Waals surface area (Å²) in [6, 6.07) is 5.16. The summed E-state index contributed by atoms with van der Waals surface area (Å²) < 4.78 is 19.6. The Kier molecular flexibility index (Phi) is 5.40. The average Bonchev–Trinajstić information content (AvgIpc) is 3.22. The van der Waals surface area contributed by atoms with Crippen molar-refractivity contribution in [3.05, 3.63) is 36.9 Å². The minimum atomic E-state index is -4.22. The number of aromatic nitrogens is 4. The highest BCUT2D eigenvalue weighted by Crippen LogP contribution is 2.34. The molecule has 1 atom stereocenters. The Balaban J connectivity index is 1.94. The van der Waals surface area contributed by atoms with Crippen molar-refractivity contribution < 1.29 is 24.2 Å². The molecule has 1 unspecified atom stereocenters. The lowest BCUT2D eigenvalue weighted by atomic mass is 10.2. The number of nitrogens with zero attached hydrogens (tertiary/aromatic N) is 4. The number of nitrogen functional groups attached to an aromatic ring is 1. The Bertz CT molecular complexity index is 920. The molecule has 0 fully saturated rings. The molecule has 0 spiro atoms. The molecule has 0 amide bonds. The van der Waals surface area contributed by atoms with E-state index < -0.39 is 20.0 Å². The maximum atomic E-state index is 10.9. The molecule has 3 heterocycles. The first-order valence-electron chi connectivity index (χ1n) is 7.88. The first kappa shape index (κ1) is 18.6. The van der Waals surface area contributed by atoms with Gasteiger partial charge >= 0.3 is 7.60 Å². The molecule has 140 valence electrons. The zero-order valence-corrected chi connectivity index (χ0v) is 14.7. The van der Waals surface area contributed by atoms with Crippen molar-refractivity contribution in [2.75, 3.05) is 25.3 Å². The van der Waals surface area contributed by atoms with Gasteiger partial charge in [-0.15, -0.1) is 0 Å². The summed E-state index contributed by atoms with van der Waals surface area (Å²) in [5.41, 5.74) is 6.52. The van der Waals surface area contributed by atoms with Gasteiger partial charge in [-0.3, -0.25) is 4.57 Å². The Morgan fingerprint density at radius 2 is 2.00 bits per heavy atom. The Morgan fingerprint density at radius 3 is 2.65 bits per heavy atom. The maximum absolute atomic E-state index is 10.9. The third kappa shape index (κ3) is 3.95. The van der Waals surface area contributed by atoms with Crippen LogP contribution in [0.1, 0.15) is 12.5 Å². The summed E-state index contributed by atoms with van der Waals surface area (Å²) in [5.74, 6) is 1.07. The van der Waals surface area contributed by atoms with E-state index in [9.17, 15) is 9.67 Å². The van der Waals surface area contributed by atoms with Gasteiger partial charge in [-0.1, -0.05) is 0 Å². The molecule has 0 aliphatic rings. The van der Waals surface area contributed by atoms with Crippen molar-refractivity contribution in [2.45, 2.75) is 12.5 Å². The number of anilines is 1. The van der Waals surface area contributed by atoms with Gasteiger partial charge in [0.05, 0.1) is 18.0 Å². The van der Waals surface area contributed by atoms with Crippen molar-refractivity contribution >= 4 is 24.4 Å². The highest BCUT2D eigenvalue weighted by molar-refractivity contribution is 7.51. The number of hydrogen-bond donors (Lipinski definition) is 4. The van der Waals surface area contributed by atoms with Crippen LogP contribution < -0.4 is 5.73 Å². The fourth-order valence-corrected chi connectivity index (χ4v) is 3.15. The molecule has 0 radical (unpaired) electrons. The van der Waals surface area contributed by atoms with Crippen molar-refractivity contribution in [3.63, 3.8) is 0 Å². The SMILES string of the molecule is Nc1ncnc2c1cc(-n1cccc1)n2C(CO)CCOCP(=O)(O)O.